The second kappa shape index (κ2) is 5.66. The smallest absolute Gasteiger partial charge is 0.225 e. The minimum atomic E-state index is 0.564. The lowest BCUT2D eigenvalue weighted by atomic mass is 9.71. The molecule has 1 N–H and O–H groups in total. The predicted molar refractivity (Wildman–Crippen MR) is 80.5 cm³/mol. The van der Waals surface area contributed by atoms with Gasteiger partial charge in [0.05, 0.1) is 0 Å². The molecule has 2 fully saturated rings. The molecule has 3 rings (SSSR count). The summed E-state index contributed by atoms with van der Waals surface area (Å²) in [5.74, 6) is 0.901. The van der Waals surface area contributed by atoms with E-state index in [1.807, 2.05) is 26.4 Å². The number of hydrogen-bond acceptors (Lipinski definition) is 5. The highest BCUT2D eigenvalue weighted by Crippen LogP contribution is 2.41. The van der Waals surface area contributed by atoms with Gasteiger partial charge in [0.25, 0.3) is 0 Å². The van der Waals surface area contributed by atoms with Crippen molar-refractivity contribution in [3.8, 4) is 0 Å². The second-order valence-electron chi connectivity index (χ2n) is 6.26. The van der Waals surface area contributed by atoms with Gasteiger partial charge in [0.15, 0.2) is 0 Å². The molecule has 2 aliphatic rings. The lowest BCUT2D eigenvalue weighted by molar-refractivity contribution is 0.0555. The van der Waals surface area contributed by atoms with Crippen LogP contribution in [0.15, 0.2) is 12.4 Å². The number of aryl methyl sites for hydroxylation is 1. The molecule has 20 heavy (non-hydrogen) atoms. The summed E-state index contributed by atoms with van der Waals surface area (Å²) in [6.45, 7) is 6.59. The maximum absolute atomic E-state index is 4.46. The third-order valence-electron chi connectivity index (χ3n) is 5.01. The van der Waals surface area contributed by atoms with Crippen LogP contribution < -0.4 is 10.3 Å². The van der Waals surface area contributed by atoms with Gasteiger partial charge in [-0.25, -0.2) is 15.0 Å². The third-order valence-corrected chi connectivity index (χ3v) is 5.01. The summed E-state index contributed by atoms with van der Waals surface area (Å²) in [6.07, 6.45) is 9.02. The number of nitrogens with zero attached hydrogens (tertiary/aromatic N) is 4. The van der Waals surface area contributed by atoms with Crippen LogP contribution in [0.3, 0.4) is 0 Å². The van der Waals surface area contributed by atoms with E-state index in [1.165, 1.54) is 38.8 Å². The van der Waals surface area contributed by atoms with E-state index in [9.17, 15) is 0 Å². The lowest BCUT2D eigenvalue weighted by Crippen LogP contribution is -2.49. The van der Waals surface area contributed by atoms with Crippen LogP contribution in [0.1, 0.15) is 31.2 Å². The average molecular weight is 275 g/mol. The van der Waals surface area contributed by atoms with E-state index in [2.05, 4.69) is 25.3 Å². The Hall–Kier alpha value is -1.20. The highest BCUT2D eigenvalue weighted by Gasteiger charge is 2.37. The number of nitrogens with one attached hydrogen (secondary N) is 1. The number of anilines is 1. The van der Waals surface area contributed by atoms with E-state index in [1.54, 1.807) is 0 Å². The van der Waals surface area contributed by atoms with Crippen LogP contribution in [0.5, 0.6) is 0 Å². The minimum Gasteiger partial charge on any atom is -0.341 e. The topological polar surface area (TPSA) is 44.3 Å². The summed E-state index contributed by atoms with van der Waals surface area (Å²) in [7, 11) is 2.02. The van der Waals surface area contributed by atoms with Gasteiger partial charge in [-0.3, -0.25) is 5.43 Å². The monoisotopic (exact) mass is 275 g/mol. The van der Waals surface area contributed by atoms with Gasteiger partial charge in [0, 0.05) is 38.6 Å². The first-order chi connectivity index (χ1) is 9.71. The Morgan fingerprint density at radius 3 is 2.10 bits per heavy atom. The first-order valence-electron chi connectivity index (χ1n) is 7.67. The van der Waals surface area contributed by atoms with Gasteiger partial charge < -0.3 is 4.90 Å². The van der Waals surface area contributed by atoms with Crippen molar-refractivity contribution in [1.29, 1.82) is 0 Å². The molecular weight excluding hydrogens is 250 g/mol. The van der Waals surface area contributed by atoms with Gasteiger partial charge >= 0.3 is 0 Å². The van der Waals surface area contributed by atoms with E-state index < -0.39 is 0 Å². The van der Waals surface area contributed by atoms with Gasteiger partial charge in [0.2, 0.25) is 5.95 Å². The molecule has 0 saturated carbocycles. The average Bonchev–Trinajstić information content (AvgIpc) is 2.50. The normalized spacial score (nSPS) is 23.2. The van der Waals surface area contributed by atoms with Crippen LogP contribution in [-0.2, 0) is 0 Å². The minimum absolute atomic E-state index is 0.564. The Morgan fingerprint density at radius 2 is 1.55 bits per heavy atom. The zero-order valence-electron chi connectivity index (χ0n) is 12.6. The van der Waals surface area contributed by atoms with Gasteiger partial charge in [-0.05, 0) is 50.6 Å². The fourth-order valence-electron chi connectivity index (χ4n) is 3.43. The summed E-state index contributed by atoms with van der Waals surface area (Å²) < 4.78 is 0. The highest BCUT2D eigenvalue weighted by atomic mass is 15.5. The van der Waals surface area contributed by atoms with E-state index >= 15 is 0 Å². The molecule has 2 saturated heterocycles. The summed E-state index contributed by atoms with van der Waals surface area (Å²) in [5.41, 5.74) is 4.96. The van der Waals surface area contributed by atoms with Crippen molar-refractivity contribution in [3.63, 3.8) is 0 Å². The Morgan fingerprint density at radius 1 is 1.00 bits per heavy atom. The van der Waals surface area contributed by atoms with Gasteiger partial charge in [-0.2, -0.15) is 0 Å². The first kappa shape index (κ1) is 13.8. The number of aromatic nitrogens is 2. The number of hydrazine groups is 1. The van der Waals surface area contributed by atoms with E-state index in [0.29, 0.717) is 5.41 Å². The zero-order chi connectivity index (χ0) is 14.0. The van der Waals surface area contributed by atoms with Crippen molar-refractivity contribution in [1.82, 2.24) is 20.4 Å². The standard InChI is InChI=1S/C15H25N5/c1-13-11-17-14(18-12-13)19-7-3-15(4-8-19)5-9-20(16-2)10-6-15/h11-12,16H,3-10H2,1-2H3. The van der Waals surface area contributed by atoms with Crippen molar-refractivity contribution in [2.45, 2.75) is 32.6 Å². The SMILES string of the molecule is CNN1CCC2(CC1)CCN(c1ncc(C)cn1)CC2. The molecule has 0 radical (unpaired) electrons. The molecule has 3 heterocycles. The predicted octanol–water partition coefficient (Wildman–Crippen LogP) is 1.60. The van der Waals surface area contributed by atoms with Crippen molar-refractivity contribution in [2.24, 2.45) is 5.41 Å². The quantitative estimate of drug-likeness (QED) is 0.888. The van der Waals surface area contributed by atoms with E-state index in [0.717, 1.165) is 24.6 Å². The largest absolute Gasteiger partial charge is 0.341 e. The van der Waals surface area contributed by atoms with Crippen molar-refractivity contribution >= 4 is 5.95 Å². The molecule has 2 aliphatic heterocycles. The molecule has 0 unspecified atom stereocenters. The lowest BCUT2D eigenvalue weighted by Gasteiger charge is -2.46. The Balaban J connectivity index is 1.58. The molecule has 1 aromatic rings. The van der Waals surface area contributed by atoms with Gasteiger partial charge in [0.1, 0.15) is 0 Å². The Bertz CT molecular complexity index is 426. The van der Waals surface area contributed by atoms with Crippen molar-refractivity contribution in [2.75, 3.05) is 38.1 Å². The third kappa shape index (κ3) is 2.79. The zero-order valence-corrected chi connectivity index (χ0v) is 12.6. The molecule has 5 nitrogen and oxygen atoms in total. The van der Waals surface area contributed by atoms with Gasteiger partial charge in [-0.1, -0.05) is 0 Å². The number of rotatable bonds is 2. The van der Waals surface area contributed by atoms with E-state index in [4.69, 9.17) is 0 Å². The molecule has 0 atom stereocenters. The molecule has 0 amide bonds. The maximum atomic E-state index is 4.46. The van der Waals surface area contributed by atoms with Crippen LogP contribution >= 0.6 is 0 Å². The Labute approximate surface area is 121 Å². The summed E-state index contributed by atoms with van der Waals surface area (Å²) in [6, 6.07) is 0. The molecule has 1 spiro atoms. The maximum Gasteiger partial charge on any atom is 0.225 e. The van der Waals surface area contributed by atoms with Crippen molar-refractivity contribution < 1.29 is 0 Å². The second-order valence-corrected chi connectivity index (χ2v) is 6.26. The van der Waals surface area contributed by atoms with Gasteiger partial charge in [-0.15, -0.1) is 0 Å². The molecular formula is C15H25N5. The Kier molecular flexibility index (Phi) is 3.89. The van der Waals surface area contributed by atoms with Crippen LogP contribution in [0, 0.1) is 12.3 Å². The molecule has 110 valence electrons. The van der Waals surface area contributed by atoms with Crippen LogP contribution in [0.2, 0.25) is 0 Å². The fourth-order valence-corrected chi connectivity index (χ4v) is 3.43. The van der Waals surface area contributed by atoms with Crippen LogP contribution in [-0.4, -0.2) is 48.2 Å². The van der Waals surface area contributed by atoms with Crippen LogP contribution in [0.25, 0.3) is 0 Å². The molecule has 0 aromatic carbocycles. The molecule has 1 aromatic heterocycles. The first-order valence-corrected chi connectivity index (χ1v) is 7.67. The molecule has 5 heteroatoms. The molecule has 0 bridgehead atoms. The summed E-state index contributed by atoms with van der Waals surface area (Å²) in [4.78, 5) is 11.3. The fraction of sp³-hybridized carbons (Fsp3) is 0.733. The van der Waals surface area contributed by atoms with E-state index in [-0.39, 0.29) is 0 Å². The highest BCUT2D eigenvalue weighted by molar-refractivity contribution is 5.30. The molecule has 0 aliphatic carbocycles. The van der Waals surface area contributed by atoms with Crippen LogP contribution in [0.4, 0.5) is 5.95 Å². The summed E-state index contributed by atoms with van der Waals surface area (Å²) in [5, 5.41) is 2.33. The number of hydrogen-bond donors (Lipinski definition) is 1. The number of piperidine rings is 2. The van der Waals surface area contributed by atoms with Crippen molar-refractivity contribution in [3.05, 3.63) is 18.0 Å². The summed E-state index contributed by atoms with van der Waals surface area (Å²) >= 11 is 0.